The van der Waals surface area contributed by atoms with E-state index < -0.39 is 29.8 Å². The number of nitrogens with zero attached hydrogens (tertiary/aromatic N) is 1. The van der Waals surface area contributed by atoms with Crippen molar-refractivity contribution < 1.29 is 28.7 Å². The molecular weight excluding hydrogens is 330 g/mol. The summed E-state index contributed by atoms with van der Waals surface area (Å²) >= 11 is 0. The van der Waals surface area contributed by atoms with E-state index >= 15 is 0 Å². The molecule has 0 radical (unpaired) electrons. The number of methoxy groups -OCH3 is 1. The molecule has 2 N–H and O–H groups in total. The normalized spacial score (nSPS) is 19.9. The second-order valence-electron chi connectivity index (χ2n) is 7.20. The molecule has 1 amide bonds. The summed E-state index contributed by atoms with van der Waals surface area (Å²) in [4.78, 5) is 41.0. The van der Waals surface area contributed by atoms with Crippen molar-refractivity contribution in [3.63, 3.8) is 0 Å². The molecule has 1 aliphatic rings. The highest BCUT2D eigenvalue weighted by Crippen LogP contribution is 2.11. The lowest BCUT2D eigenvalue weighted by Gasteiger charge is -2.32. The Hall–Kier alpha value is -1.87. The minimum absolute atomic E-state index is 0.117. The molecule has 0 spiro atoms. The van der Waals surface area contributed by atoms with Crippen molar-refractivity contribution in [2.75, 3.05) is 26.7 Å². The third-order valence-corrected chi connectivity index (χ3v) is 3.47. The van der Waals surface area contributed by atoms with Gasteiger partial charge in [0.2, 0.25) is 5.91 Å². The first kappa shape index (κ1) is 21.2. The molecule has 1 saturated heterocycles. The van der Waals surface area contributed by atoms with E-state index in [0.717, 1.165) is 0 Å². The zero-order chi connectivity index (χ0) is 19.2. The van der Waals surface area contributed by atoms with Crippen molar-refractivity contribution in [2.45, 2.75) is 52.3 Å². The lowest BCUT2D eigenvalue weighted by molar-refractivity contribution is -0.159. The van der Waals surface area contributed by atoms with Crippen LogP contribution >= 0.6 is 0 Å². The second-order valence-corrected chi connectivity index (χ2v) is 7.20. The van der Waals surface area contributed by atoms with E-state index in [1.807, 2.05) is 13.8 Å². The SMILES string of the molecule is COC(=O)[C@@H](NC(=O)[C@@H]1CN(OC(=O)OC(C)(C)C)CCN1)C(C)C. The molecule has 1 heterocycles. The van der Waals surface area contributed by atoms with E-state index in [-0.39, 0.29) is 18.4 Å². The molecule has 1 fully saturated rings. The summed E-state index contributed by atoms with van der Waals surface area (Å²) in [7, 11) is 1.28. The molecule has 25 heavy (non-hydrogen) atoms. The van der Waals surface area contributed by atoms with E-state index in [0.29, 0.717) is 13.1 Å². The zero-order valence-electron chi connectivity index (χ0n) is 15.8. The molecule has 2 atom stereocenters. The molecule has 1 aliphatic heterocycles. The summed E-state index contributed by atoms with van der Waals surface area (Å²) < 4.78 is 9.80. The Bertz CT molecular complexity index is 489. The average molecular weight is 359 g/mol. The molecule has 0 aromatic heterocycles. The number of ether oxygens (including phenoxy) is 2. The van der Waals surface area contributed by atoms with Crippen molar-refractivity contribution in [3.8, 4) is 0 Å². The number of esters is 1. The van der Waals surface area contributed by atoms with Crippen LogP contribution in [0.4, 0.5) is 4.79 Å². The molecule has 9 nitrogen and oxygen atoms in total. The summed E-state index contributed by atoms with van der Waals surface area (Å²) in [6.45, 7) is 9.86. The number of carbonyl (C=O) groups is 3. The molecule has 144 valence electrons. The van der Waals surface area contributed by atoms with Crippen LogP contribution in [-0.4, -0.2) is 67.5 Å². The molecule has 0 aromatic carbocycles. The number of hydrogen-bond donors (Lipinski definition) is 2. The number of amides is 1. The first-order chi connectivity index (χ1) is 11.5. The zero-order valence-corrected chi connectivity index (χ0v) is 15.8. The number of hydrogen-bond acceptors (Lipinski definition) is 8. The number of carbonyl (C=O) groups excluding carboxylic acids is 3. The van der Waals surface area contributed by atoms with E-state index in [1.165, 1.54) is 12.2 Å². The maximum absolute atomic E-state index is 12.4. The third kappa shape index (κ3) is 7.27. The van der Waals surface area contributed by atoms with Gasteiger partial charge in [-0.15, -0.1) is 5.06 Å². The highest BCUT2D eigenvalue weighted by Gasteiger charge is 2.32. The molecule has 0 saturated carbocycles. The van der Waals surface area contributed by atoms with Gasteiger partial charge in [-0.3, -0.25) is 4.79 Å². The molecule has 0 bridgehead atoms. The molecule has 0 aliphatic carbocycles. The van der Waals surface area contributed by atoms with Crippen LogP contribution in [-0.2, 0) is 23.9 Å². The van der Waals surface area contributed by atoms with Gasteiger partial charge in [0.25, 0.3) is 0 Å². The monoisotopic (exact) mass is 359 g/mol. The van der Waals surface area contributed by atoms with Gasteiger partial charge in [-0.1, -0.05) is 13.8 Å². The molecular formula is C16H29N3O6. The van der Waals surface area contributed by atoms with Gasteiger partial charge in [-0.2, -0.15) is 0 Å². The van der Waals surface area contributed by atoms with Crippen molar-refractivity contribution in [3.05, 3.63) is 0 Å². The van der Waals surface area contributed by atoms with E-state index in [2.05, 4.69) is 10.6 Å². The summed E-state index contributed by atoms with van der Waals surface area (Å²) in [5.41, 5.74) is -0.660. The van der Waals surface area contributed by atoms with Gasteiger partial charge in [0.1, 0.15) is 17.7 Å². The maximum Gasteiger partial charge on any atom is 0.528 e. The Morgan fingerprint density at radius 3 is 2.40 bits per heavy atom. The van der Waals surface area contributed by atoms with E-state index in [1.54, 1.807) is 20.8 Å². The van der Waals surface area contributed by atoms with Crippen LogP contribution < -0.4 is 10.6 Å². The average Bonchev–Trinajstić information content (AvgIpc) is 2.49. The van der Waals surface area contributed by atoms with Gasteiger partial charge >= 0.3 is 12.1 Å². The van der Waals surface area contributed by atoms with E-state index in [4.69, 9.17) is 14.3 Å². The molecule has 0 unspecified atom stereocenters. The minimum Gasteiger partial charge on any atom is -0.467 e. The van der Waals surface area contributed by atoms with Crippen LogP contribution in [0.5, 0.6) is 0 Å². The van der Waals surface area contributed by atoms with Gasteiger partial charge in [0.15, 0.2) is 0 Å². The topological polar surface area (TPSA) is 106 Å². The van der Waals surface area contributed by atoms with Gasteiger partial charge in [-0.05, 0) is 26.7 Å². The van der Waals surface area contributed by atoms with Crippen LogP contribution in [0.1, 0.15) is 34.6 Å². The van der Waals surface area contributed by atoms with Gasteiger partial charge in [-0.25, -0.2) is 9.59 Å². The maximum atomic E-state index is 12.4. The fourth-order valence-corrected chi connectivity index (χ4v) is 2.23. The number of nitrogens with one attached hydrogen (secondary N) is 2. The first-order valence-corrected chi connectivity index (χ1v) is 8.31. The number of rotatable bonds is 5. The lowest BCUT2D eigenvalue weighted by Crippen LogP contribution is -2.60. The first-order valence-electron chi connectivity index (χ1n) is 8.31. The molecule has 1 rings (SSSR count). The molecule has 9 heteroatoms. The highest BCUT2D eigenvalue weighted by molar-refractivity contribution is 5.87. The van der Waals surface area contributed by atoms with E-state index in [9.17, 15) is 14.4 Å². The lowest BCUT2D eigenvalue weighted by atomic mass is 10.0. The number of hydroxylamine groups is 2. The quantitative estimate of drug-likeness (QED) is 0.681. The summed E-state index contributed by atoms with van der Waals surface area (Å²) in [6.07, 6.45) is -0.817. The fourth-order valence-electron chi connectivity index (χ4n) is 2.23. The summed E-state index contributed by atoms with van der Waals surface area (Å²) in [6, 6.07) is -1.36. The Balaban J connectivity index is 2.60. The van der Waals surface area contributed by atoms with Crippen LogP contribution in [0.3, 0.4) is 0 Å². The number of piperazine rings is 1. The van der Waals surface area contributed by atoms with Crippen LogP contribution in [0.15, 0.2) is 0 Å². The predicted molar refractivity (Wildman–Crippen MR) is 89.5 cm³/mol. The standard InChI is InChI=1S/C16H29N3O6/c1-10(2)12(14(21)23-6)18-13(20)11-9-19(8-7-17-11)25-15(22)24-16(3,4)5/h10-12,17H,7-9H2,1-6H3,(H,18,20)/t11-,12-/m0/s1. The third-order valence-electron chi connectivity index (χ3n) is 3.47. The van der Waals surface area contributed by atoms with Gasteiger partial charge < -0.3 is 24.9 Å². The van der Waals surface area contributed by atoms with Crippen molar-refractivity contribution >= 4 is 18.0 Å². The van der Waals surface area contributed by atoms with Crippen LogP contribution in [0.2, 0.25) is 0 Å². The van der Waals surface area contributed by atoms with Crippen molar-refractivity contribution in [1.29, 1.82) is 0 Å². The van der Waals surface area contributed by atoms with Crippen LogP contribution in [0, 0.1) is 5.92 Å². The minimum atomic E-state index is -0.817. The largest absolute Gasteiger partial charge is 0.528 e. The van der Waals surface area contributed by atoms with Crippen molar-refractivity contribution in [1.82, 2.24) is 15.7 Å². The Morgan fingerprint density at radius 1 is 1.24 bits per heavy atom. The van der Waals surface area contributed by atoms with Gasteiger partial charge in [0, 0.05) is 13.1 Å². The summed E-state index contributed by atoms with van der Waals surface area (Å²) in [5.74, 6) is -0.975. The molecule has 0 aromatic rings. The second kappa shape index (κ2) is 9.00. The summed E-state index contributed by atoms with van der Waals surface area (Å²) in [5, 5.41) is 7.08. The predicted octanol–water partition coefficient (Wildman–Crippen LogP) is 0.441. The smallest absolute Gasteiger partial charge is 0.467 e. The highest BCUT2D eigenvalue weighted by atomic mass is 16.8. The van der Waals surface area contributed by atoms with Crippen molar-refractivity contribution in [2.24, 2.45) is 5.92 Å². The fraction of sp³-hybridized carbons (Fsp3) is 0.812. The van der Waals surface area contributed by atoms with Gasteiger partial charge in [0.05, 0.1) is 13.7 Å². The van der Waals surface area contributed by atoms with Crippen LogP contribution in [0.25, 0.3) is 0 Å². The Morgan fingerprint density at radius 2 is 1.88 bits per heavy atom. The Kier molecular flexibility index (Phi) is 7.62. The Labute approximate surface area is 148 Å².